The fourth-order valence-corrected chi connectivity index (χ4v) is 6.93. The zero-order valence-corrected chi connectivity index (χ0v) is 18.3. The summed E-state index contributed by atoms with van der Waals surface area (Å²) in [6, 6.07) is 0. The van der Waals surface area contributed by atoms with Crippen molar-refractivity contribution in [2.45, 2.75) is 90.1 Å². The van der Waals surface area contributed by atoms with E-state index in [1.165, 1.54) is 24.8 Å². The molecule has 160 valence electrons. The van der Waals surface area contributed by atoms with Crippen LogP contribution in [0.5, 0.6) is 0 Å². The van der Waals surface area contributed by atoms with Gasteiger partial charge in [-0.15, -0.1) is 0 Å². The van der Waals surface area contributed by atoms with Crippen LogP contribution < -0.4 is 0 Å². The molecular formula is C26H38O3. The molecule has 0 aromatic heterocycles. The second kappa shape index (κ2) is 8.20. The molecule has 0 amide bonds. The van der Waals surface area contributed by atoms with Crippen LogP contribution in [0.2, 0.25) is 0 Å². The zero-order valence-electron chi connectivity index (χ0n) is 18.3. The van der Waals surface area contributed by atoms with Crippen LogP contribution in [-0.2, 0) is 4.79 Å². The molecule has 3 fully saturated rings. The van der Waals surface area contributed by atoms with E-state index >= 15 is 0 Å². The minimum atomic E-state index is -0.856. The van der Waals surface area contributed by atoms with Gasteiger partial charge in [0, 0.05) is 18.3 Å². The summed E-state index contributed by atoms with van der Waals surface area (Å²) in [5.74, 6) is 9.12. The lowest BCUT2D eigenvalue weighted by atomic mass is 9.54. The maximum absolute atomic E-state index is 12.3. The van der Waals surface area contributed by atoms with E-state index in [1.807, 2.05) is 0 Å². The summed E-state index contributed by atoms with van der Waals surface area (Å²) in [6.45, 7) is 4.13. The van der Waals surface area contributed by atoms with Crippen LogP contribution in [-0.4, -0.2) is 28.2 Å². The average molecular weight is 399 g/mol. The molecule has 0 bridgehead atoms. The van der Waals surface area contributed by atoms with Crippen molar-refractivity contribution in [2.24, 2.45) is 35.0 Å². The van der Waals surface area contributed by atoms with Gasteiger partial charge >= 0.3 is 0 Å². The van der Waals surface area contributed by atoms with Crippen molar-refractivity contribution in [3.05, 3.63) is 11.6 Å². The molecule has 0 aliphatic heterocycles. The molecule has 29 heavy (non-hydrogen) atoms. The van der Waals surface area contributed by atoms with Crippen molar-refractivity contribution in [1.82, 2.24) is 0 Å². The van der Waals surface area contributed by atoms with Crippen LogP contribution in [0.25, 0.3) is 0 Å². The first kappa shape index (κ1) is 21.1. The Hall–Kier alpha value is -1.11. The fraction of sp³-hybridized carbons (Fsp3) is 0.808. The van der Waals surface area contributed by atoms with Gasteiger partial charge in [0.1, 0.15) is 12.2 Å². The Morgan fingerprint density at radius 2 is 2.07 bits per heavy atom. The number of Topliss-reactive ketones (excluding diaryl/α,β-unsaturated/α-hetero) is 1. The van der Waals surface area contributed by atoms with E-state index in [2.05, 4.69) is 31.8 Å². The van der Waals surface area contributed by atoms with E-state index < -0.39 is 5.60 Å². The summed E-state index contributed by atoms with van der Waals surface area (Å²) in [6.07, 6.45) is 13.7. The minimum Gasteiger partial charge on any atom is -0.389 e. The number of aliphatic hydroxyl groups excluding tert-OH is 1. The molecule has 0 saturated heterocycles. The van der Waals surface area contributed by atoms with Gasteiger partial charge in [0.25, 0.3) is 0 Å². The molecule has 3 saturated carbocycles. The quantitative estimate of drug-likeness (QED) is 0.505. The van der Waals surface area contributed by atoms with Gasteiger partial charge in [-0.05, 0) is 81.0 Å². The van der Waals surface area contributed by atoms with Crippen LogP contribution in [0, 0.1) is 46.8 Å². The standard InChI is InChI=1S/C26H38O3/c1-3-12-26(29,14-10-18-4-5-18)16-19-6-7-21-20(15-19)11-13-25(2)22(21)8-9-23(25)24(28)17-27/h6,18,20-23,27,29H,3-5,7-9,11-13,15-17H2,1-2H3/t20-,21-,22+,23-,25+,26-/m1/s1. The molecule has 0 aromatic carbocycles. The molecule has 4 aliphatic carbocycles. The number of rotatable bonds is 6. The van der Waals surface area contributed by atoms with Gasteiger partial charge < -0.3 is 10.2 Å². The lowest BCUT2D eigenvalue weighted by Gasteiger charge is -2.50. The Labute approximate surface area is 176 Å². The summed E-state index contributed by atoms with van der Waals surface area (Å²) >= 11 is 0. The van der Waals surface area contributed by atoms with Gasteiger partial charge in [0.15, 0.2) is 5.78 Å². The highest BCUT2D eigenvalue weighted by Gasteiger charge is 2.55. The summed E-state index contributed by atoms with van der Waals surface area (Å²) in [5.41, 5.74) is 0.618. The average Bonchev–Trinajstić information content (AvgIpc) is 3.46. The predicted octanol–water partition coefficient (Wildman–Crippen LogP) is 4.66. The summed E-state index contributed by atoms with van der Waals surface area (Å²) in [4.78, 5) is 12.3. The third-order valence-corrected chi connectivity index (χ3v) is 8.60. The largest absolute Gasteiger partial charge is 0.389 e. The second-order valence-electron chi connectivity index (χ2n) is 10.6. The highest BCUT2D eigenvalue weighted by molar-refractivity contribution is 5.83. The van der Waals surface area contributed by atoms with Gasteiger partial charge in [-0.2, -0.15) is 0 Å². The van der Waals surface area contributed by atoms with Gasteiger partial charge in [-0.25, -0.2) is 0 Å². The number of hydrogen-bond donors (Lipinski definition) is 2. The molecule has 0 unspecified atom stereocenters. The van der Waals surface area contributed by atoms with E-state index in [4.69, 9.17) is 0 Å². The molecule has 3 heteroatoms. The number of allylic oxidation sites excluding steroid dienone is 1. The highest BCUT2D eigenvalue weighted by atomic mass is 16.3. The maximum atomic E-state index is 12.3. The highest BCUT2D eigenvalue weighted by Crippen LogP contribution is 2.61. The zero-order chi connectivity index (χ0) is 20.6. The topological polar surface area (TPSA) is 57.5 Å². The van der Waals surface area contributed by atoms with Crippen LogP contribution in [0.4, 0.5) is 0 Å². The first-order chi connectivity index (χ1) is 13.9. The number of fused-ring (bicyclic) bond motifs is 3. The Morgan fingerprint density at radius 1 is 1.28 bits per heavy atom. The molecule has 0 radical (unpaired) electrons. The fourth-order valence-electron chi connectivity index (χ4n) is 6.93. The van der Waals surface area contributed by atoms with Crippen LogP contribution in [0.1, 0.15) is 84.5 Å². The number of aliphatic hydroxyl groups is 2. The Bertz CT molecular complexity index is 724. The van der Waals surface area contributed by atoms with E-state index in [1.54, 1.807) is 0 Å². The molecule has 4 rings (SSSR count). The Kier molecular flexibility index (Phi) is 5.97. The summed E-state index contributed by atoms with van der Waals surface area (Å²) in [5, 5.41) is 20.6. The third-order valence-electron chi connectivity index (χ3n) is 8.60. The lowest BCUT2D eigenvalue weighted by molar-refractivity contribution is -0.131. The Balaban J connectivity index is 1.46. The second-order valence-corrected chi connectivity index (χ2v) is 10.6. The number of hydrogen-bond acceptors (Lipinski definition) is 3. The van der Waals surface area contributed by atoms with Crippen molar-refractivity contribution in [3.8, 4) is 11.8 Å². The monoisotopic (exact) mass is 398 g/mol. The van der Waals surface area contributed by atoms with Gasteiger partial charge in [-0.1, -0.05) is 43.8 Å². The maximum Gasteiger partial charge on any atom is 0.161 e. The van der Waals surface area contributed by atoms with Gasteiger partial charge in [0.2, 0.25) is 0 Å². The minimum absolute atomic E-state index is 0.0520. The molecule has 4 aliphatic rings. The van der Waals surface area contributed by atoms with Crippen molar-refractivity contribution < 1.29 is 15.0 Å². The summed E-state index contributed by atoms with van der Waals surface area (Å²) in [7, 11) is 0. The molecule has 6 atom stereocenters. The first-order valence-electron chi connectivity index (χ1n) is 11.9. The van der Waals surface area contributed by atoms with Crippen molar-refractivity contribution >= 4 is 5.78 Å². The molecule has 0 heterocycles. The van der Waals surface area contributed by atoms with E-state index in [-0.39, 0.29) is 23.7 Å². The normalized spacial score (nSPS) is 38.1. The number of carbonyl (C=O) groups is 1. The molecule has 2 N–H and O–H groups in total. The Morgan fingerprint density at radius 3 is 2.76 bits per heavy atom. The molecule has 0 spiro atoms. The van der Waals surface area contributed by atoms with Crippen LogP contribution in [0.3, 0.4) is 0 Å². The number of ketones is 1. The molecule has 0 aromatic rings. The SMILES string of the molecule is CCC[C@@](O)(C#CC1CC1)CC1=CC[C@@H]2[C@H](CC[C@]3(C)[C@@H](C(=O)CO)CC[C@@H]23)C1. The van der Waals surface area contributed by atoms with Crippen molar-refractivity contribution in [1.29, 1.82) is 0 Å². The summed E-state index contributed by atoms with van der Waals surface area (Å²) < 4.78 is 0. The van der Waals surface area contributed by atoms with Crippen molar-refractivity contribution in [3.63, 3.8) is 0 Å². The molecular weight excluding hydrogens is 360 g/mol. The third kappa shape index (κ3) is 4.21. The van der Waals surface area contributed by atoms with Gasteiger partial charge in [-0.3, -0.25) is 4.79 Å². The van der Waals surface area contributed by atoms with E-state index in [0.29, 0.717) is 30.1 Å². The first-order valence-corrected chi connectivity index (χ1v) is 11.9. The lowest BCUT2D eigenvalue weighted by Crippen LogP contribution is -2.44. The molecule has 3 nitrogen and oxygen atoms in total. The predicted molar refractivity (Wildman–Crippen MR) is 115 cm³/mol. The van der Waals surface area contributed by atoms with Crippen LogP contribution in [0.15, 0.2) is 11.6 Å². The van der Waals surface area contributed by atoms with Crippen LogP contribution >= 0.6 is 0 Å². The van der Waals surface area contributed by atoms with Crippen molar-refractivity contribution in [2.75, 3.05) is 6.61 Å². The van der Waals surface area contributed by atoms with E-state index in [0.717, 1.165) is 44.9 Å². The van der Waals surface area contributed by atoms with E-state index in [9.17, 15) is 15.0 Å². The smallest absolute Gasteiger partial charge is 0.161 e. The van der Waals surface area contributed by atoms with Gasteiger partial charge in [0.05, 0.1) is 0 Å². The number of carbonyl (C=O) groups excluding carboxylic acids is 1.